The Morgan fingerprint density at radius 1 is 1.10 bits per heavy atom. The third kappa shape index (κ3) is 2.96. The Bertz CT molecular complexity index is 611. The topological polar surface area (TPSA) is 35.2 Å². The molecule has 2 rings (SSSR count). The Labute approximate surface area is 117 Å². The number of halogens is 2. The van der Waals surface area contributed by atoms with Crippen molar-refractivity contribution in [3.8, 4) is 5.75 Å². The number of benzene rings is 2. The summed E-state index contributed by atoms with van der Waals surface area (Å²) in [5.74, 6) is -0.621. The van der Waals surface area contributed by atoms with Crippen molar-refractivity contribution in [1.82, 2.24) is 0 Å². The molecule has 4 heteroatoms. The second kappa shape index (κ2) is 5.59. The Morgan fingerprint density at radius 2 is 1.80 bits per heavy atom. The number of ether oxygens (including phenoxy) is 1. The van der Waals surface area contributed by atoms with Gasteiger partial charge >= 0.3 is 0 Å². The van der Waals surface area contributed by atoms with Gasteiger partial charge in [0.15, 0.2) is 11.6 Å². The minimum absolute atomic E-state index is 0.162. The highest BCUT2D eigenvalue weighted by molar-refractivity contribution is 5.34. The summed E-state index contributed by atoms with van der Waals surface area (Å²) in [6.45, 7) is 1.75. The van der Waals surface area contributed by atoms with Crippen molar-refractivity contribution in [2.75, 3.05) is 7.11 Å². The van der Waals surface area contributed by atoms with Gasteiger partial charge in [0, 0.05) is 5.54 Å². The molecule has 0 radical (unpaired) electrons. The number of rotatable bonds is 4. The fourth-order valence-corrected chi connectivity index (χ4v) is 2.16. The van der Waals surface area contributed by atoms with Gasteiger partial charge in [0.25, 0.3) is 0 Å². The zero-order valence-electron chi connectivity index (χ0n) is 11.5. The summed E-state index contributed by atoms with van der Waals surface area (Å²) in [5, 5.41) is 0. The molecule has 0 fully saturated rings. The molecular weight excluding hydrogens is 260 g/mol. The van der Waals surface area contributed by atoms with Gasteiger partial charge in [-0.25, -0.2) is 8.78 Å². The highest BCUT2D eigenvalue weighted by Crippen LogP contribution is 2.27. The van der Waals surface area contributed by atoms with E-state index in [1.165, 1.54) is 25.3 Å². The van der Waals surface area contributed by atoms with Crippen molar-refractivity contribution in [2.24, 2.45) is 5.73 Å². The standard InChI is InChI=1S/C16H17F2NO/c1-16(19,10-11-5-3-4-6-13(11)17)12-7-8-15(20-2)14(18)9-12/h3-9H,10,19H2,1-2H3. The highest BCUT2D eigenvalue weighted by Gasteiger charge is 2.24. The van der Waals surface area contributed by atoms with E-state index in [4.69, 9.17) is 10.5 Å². The molecule has 2 aromatic rings. The summed E-state index contributed by atoms with van der Waals surface area (Å²) in [4.78, 5) is 0. The van der Waals surface area contributed by atoms with Crippen molar-refractivity contribution >= 4 is 0 Å². The summed E-state index contributed by atoms with van der Waals surface area (Å²) in [5.41, 5.74) is 6.46. The van der Waals surface area contributed by atoms with Gasteiger partial charge in [-0.05, 0) is 42.7 Å². The number of nitrogens with two attached hydrogens (primary N) is 1. The van der Waals surface area contributed by atoms with Crippen molar-refractivity contribution in [3.05, 3.63) is 65.2 Å². The molecule has 20 heavy (non-hydrogen) atoms. The molecule has 106 valence electrons. The van der Waals surface area contributed by atoms with Crippen LogP contribution in [0.4, 0.5) is 8.78 Å². The first kappa shape index (κ1) is 14.5. The maximum Gasteiger partial charge on any atom is 0.165 e. The molecule has 2 nitrogen and oxygen atoms in total. The van der Waals surface area contributed by atoms with Crippen molar-refractivity contribution < 1.29 is 13.5 Å². The Morgan fingerprint density at radius 3 is 2.40 bits per heavy atom. The van der Waals surface area contributed by atoms with Crippen LogP contribution >= 0.6 is 0 Å². The first-order chi connectivity index (χ1) is 9.44. The molecule has 0 heterocycles. The summed E-state index contributed by atoms with van der Waals surface area (Å²) < 4.78 is 32.3. The molecule has 0 aliphatic rings. The average molecular weight is 277 g/mol. The third-order valence-electron chi connectivity index (χ3n) is 3.33. The molecule has 2 N–H and O–H groups in total. The number of hydrogen-bond donors (Lipinski definition) is 1. The van der Waals surface area contributed by atoms with Crippen molar-refractivity contribution in [3.63, 3.8) is 0 Å². The van der Waals surface area contributed by atoms with Gasteiger partial charge in [0.2, 0.25) is 0 Å². The van der Waals surface area contributed by atoms with Crippen molar-refractivity contribution in [1.29, 1.82) is 0 Å². The lowest BCUT2D eigenvalue weighted by Gasteiger charge is -2.26. The van der Waals surface area contributed by atoms with Crippen LogP contribution in [0.5, 0.6) is 5.75 Å². The lowest BCUT2D eigenvalue weighted by Crippen LogP contribution is -2.35. The molecule has 0 aromatic heterocycles. The Hall–Kier alpha value is -1.94. The van der Waals surface area contributed by atoms with Crippen LogP contribution in [0.2, 0.25) is 0 Å². The number of methoxy groups -OCH3 is 1. The van der Waals surface area contributed by atoms with Crippen LogP contribution in [0.3, 0.4) is 0 Å². The van der Waals surface area contributed by atoms with Gasteiger partial charge in [0.1, 0.15) is 5.82 Å². The summed E-state index contributed by atoms with van der Waals surface area (Å²) in [6.07, 6.45) is 0.283. The molecule has 0 spiro atoms. The first-order valence-electron chi connectivity index (χ1n) is 6.30. The van der Waals surface area contributed by atoms with Crippen LogP contribution in [0.1, 0.15) is 18.1 Å². The lowest BCUT2D eigenvalue weighted by molar-refractivity contribution is 0.384. The van der Waals surface area contributed by atoms with Crippen LogP contribution in [0.15, 0.2) is 42.5 Å². The van der Waals surface area contributed by atoms with Gasteiger partial charge in [-0.1, -0.05) is 24.3 Å². The van der Waals surface area contributed by atoms with Crippen LogP contribution in [0.25, 0.3) is 0 Å². The van der Waals surface area contributed by atoms with Gasteiger partial charge in [-0.3, -0.25) is 0 Å². The van der Waals surface area contributed by atoms with Crippen LogP contribution in [0, 0.1) is 11.6 Å². The first-order valence-corrected chi connectivity index (χ1v) is 6.30. The molecule has 0 aliphatic carbocycles. The average Bonchev–Trinajstić information content (AvgIpc) is 2.41. The van der Waals surface area contributed by atoms with E-state index in [1.807, 2.05) is 0 Å². The summed E-state index contributed by atoms with van der Waals surface area (Å²) >= 11 is 0. The fraction of sp³-hybridized carbons (Fsp3) is 0.250. The minimum Gasteiger partial charge on any atom is -0.494 e. The van der Waals surface area contributed by atoms with Crippen LogP contribution in [-0.4, -0.2) is 7.11 Å². The Balaban J connectivity index is 2.30. The van der Waals surface area contributed by atoms with Gasteiger partial charge in [-0.15, -0.1) is 0 Å². The molecule has 0 saturated carbocycles. The quantitative estimate of drug-likeness (QED) is 0.929. The normalized spacial score (nSPS) is 13.8. The molecule has 0 aliphatic heterocycles. The lowest BCUT2D eigenvalue weighted by atomic mass is 9.86. The second-order valence-electron chi connectivity index (χ2n) is 5.03. The number of hydrogen-bond acceptors (Lipinski definition) is 2. The molecular formula is C16H17F2NO. The van der Waals surface area contributed by atoms with E-state index in [0.717, 1.165) is 0 Å². The SMILES string of the molecule is COc1ccc(C(C)(N)Cc2ccccc2F)cc1F. The summed E-state index contributed by atoms with van der Waals surface area (Å²) in [6, 6.07) is 11.0. The highest BCUT2D eigenvalue weighted by atomic mass is 19.1. The molecule has 0 bridgehead atoms. The van der Waals surface area contributed by atoms with Crippen LogP contribution < -0.4 is 10.5 Å². The predicted molar refractivity (Wildman–Crippen MR) is 74.6 cm³/mol. The fourth-order valence-electron chi connectivity index (χ4n) is 2.16. The monoisotopic (exact) mass is 277 g/mol. The van der Waals surface area contributed by atoms with E-state index < -0.39 is 11.4 Å². The van der Waals surface area contributed by atoms with Gasteiger partial charge in [0.05, 0.1) is 7.11 Å². The molecule has 0 amide bonds. The van der Waals surface area contributed by atoms with Crippen LogP contribution in [-0.2, 0) is 12.0 Å². The van der Waals surface area contributed by atoms with E-state index in [1.54, 1.807) is 31.2 Å². The largest absolute Gasteiger partial charge is 0.494 e. The molecule has 0 saturated heterocycles. The van der Waals surface area contributed by atoms with E-state index in [-0.39, 0.29) is 18.0 Å². The second-order valence-corrected chi connectivity index (χ2v) is 5.03. The molecule has 1 unspecified atom stereocenters. The van der Waals surface area contributed by atoms with E-state index >= 15 is 0 Å². The predicted octanol–water partition coefficient (Wildman–Crippen LogP) is 3.39. The zero-order valence-corrected chi connectivity index (χ0v) is 11.5. The smallest absolute Gasteiger partial charge is 0.165 e. The van der Waals surface area contributed by atoms with E-state index in [9.17, 15) is 8.78 Å². The van der Waals surface area contributed by atoms with Gasteiger partial charge in [-0.2, -0.15) is 0 Å². The van der Waals surface area contributed by atoms with E-state index in [0.29, 0.717) is 11.1 Å². The van der Waals surface area contributed by atoms with Crippen molar-refractivity contribution in [2.45, 2.75) is 18.9 Å². The van der Waals surface area contributed by atoms with E-state index in [2.05, 4.69) is 0 Å². The minimum atomic E-state index is -0.866. The van der Waals surface area contributed by atoms with Gasteiger partial charge < -0.3 is 10.5 Å². The Kier molecular flexibility index (Phi) is 4.04. The maximum absolute atomic E-state index is 13.7. The zero-order chi connectivity index (χ0) is 14.8. The summed E-state index contributed by atoms with van der Waals surface area (Å²) in [7, 11) is 1.40. The third-order valence-corrected chi connectivity index (χ3v) is 3.33. The molecule has 1 atom stereocenters. The molecule has 2 aromatic carbocycles. The maximum atomic E-state index is 13.7.